The van der Waals surface area contributed by atoms with Gasteiger partial charge in [-0.05, 0) is 18.6 Å². The highest BCUT2D eigenvalue weighted by atomic mass is 16.2. The molecule has 1 aliphatic heterocycles. The second-order valence-electron chi connectivity index (χ2n) is 8.14. The van der Waals surface area contributed by atoms with Gasteiger partial charge in [-0.3, -0.25) is 13.9 Å². The fourth-order valence-corrected chi connectivity index (χ4v) is 4.35. The molecule has 2 aromatic heterocycles. The van der Waals surface area contributed by atoms with Crippen LogP contribution < -0.4 is 16.1 Å². The standard InChI is InChI=1S/C23H31N5O2/c1-3-4-5-6-7-8-12-15-28-21(29)19-20(25(2)23(28)30)24-22-26(16-17-27(19)22)18-13-10-9-11-14-18/h9-11,13-14H,3-8,12,15-17H2,1-2H3. The number of rotatable bonds is 9. The number of benzene rings is 1. The van der Waals surface area contributed by atoms with Crippen LogP contribution in [0.3, 0.4) is 0 Å². The maximum absolute atomic E-state index is 13.2. The van der Waals surface area contributed by atoms with Crippen LogP contribution in [0, 0.1) is 0 Å². The Hall–Kier alpha value is -2.83. The van der Waals surface area contributed by atoms with Crippen LogP contribution in [0.4, 0.5) is 11.6 Å². The van der Waals surface area contributed by atoms with E-state index in [0.717, 1.165) is 37.4 Å². The molecule has 0 unspecified atom stereocenters. The van der Waals surface area contributed by atoms with Crippen LogP contribution in [0.15, 0.2) is 39.9 Å². The average molecular weight is 410 g/mol. The van der Waals surface area contributed by atoms with Crippen molar-refractivity contribution in [2.45, 2.75) is 65.0 Å². The van der Waals surface area contributed by atoms with E-state index in [1.54, 1.807) is 7.05 Å². The first-order valence-corrected chi connectivity index (χ1v) is 11.2. The molecule has 0 saturated heterocycles. The smallest absolute Gasteiger partial charge is 0.310 e. The Labute approximate surface area is 176 Å². The van der Waals surface area contributed by atoms with Gasteiger partial charge in [0.2, 0.25) is 5.95 Å². The van der Waals surface area contributed by atoms with Gasteiger partial charge < -0.3 is 9.47 Å². The first-order chi connectivity index (χ1) is 14.6. The molecule has 4 rings (SSSR count). The number of unbranched alkanes of at least 4 members (excludes halogenated alkanes) is 6. The Morgan fingerprint density at radius 1 is 0.933 bits per heavy atom. The van der Waals surface area contributed by atoms with Crippen LogP contribution in [0.2, 0.25) is 0 Å². The molecule has 0 saturated carbocycles. The number of hydrogen-bond acceptors (Lipinski definition) is 4. The molecule has 0 fully saturated rings. The van der Waals surface area contributed by atoms with Crippen molar-refractivity contribution in [1.82, 2.24) is 18.7 Å². The van der Waals surface area contributed by atoms with Crippen molar-refractivity contribution in [2.75, 3.05) is 11.4 Å². The lowest BCUT2D eigenvalue weighted by molar-refractivity contribution is 0.522. The van der Waals surface area contributed by atoms with Gasteiger partial charge in [0.15, 0.2) is 11.2 Å². The van der Waals surface area contributed by atoms with E-state index in [1.807, 2.05) is 34.9 Å². The van der Waals surface area contributed by atoms with Crippen molar-refractivity contribution in [3.05, 3.63) is 51.2 Å². The average Bonchev–Trinajstić information content (AvgIpc) is 3.33. The first kappa shape index (κ1) is 20.4. The Balaban J connectivity index is 1.60. The molecule has 1 aromatic carbocycles. The van der Waals surface area contributed by atoms with Crippen LogP contribution in [-0.4, -0.2) is 25.2 Å². The van der Waals surface area contributed by atoms with Crippen molar-refractivity contribution in [2.24, 2.45) is 7.05 Å². The van der Waals surface area contributed by atoms with Crippen molar-refractivity contribution in [1.29, 1.82) is 0 Å². The summed E-state index contributed by atoms with van der Waals surface area (Å²) >= 11 is 0. The van der Waals surface area contributed by atoms with E-state index >= 15 is 0 Å². The number of aromatic nitrogens is 4. The minimum absolute atomic E-state index is 0.215. The molecule has 0 N–H and O–H groups in total. The lowest BCUT2D eigenvalue weighted by atomic mass is 10.1. The Morgan fingerprint density at radius 3 is 2.37 bits per heavy atom. The fourth-order valence-electron chi connectivity index (χ4n) is 4.35. The molecule has 7 nitrogen and oxygen atoms in total. The molecule has 0 spiro atoms. The Kier molecular flexibility index (Phi) is 6.06. The largest absolute Gasteiger partial charge is 0.332 e. The monoisotopic (exact) mass is 409 g/mol. The molecule has 3 heterocycles. The van der Waals surface area contributed by atoms with Gasteiger partial charge in [-0.15, -0.1) is 0 Å². The summed E-state index contributed by atoms with van der Waals surface area (Å²) in [5.41, 5.74) is 1.55. The molecular weight excluding hydrogens is 378 g/mol. The van der Waals surface area contributed by atoms with Crippen LogP contribution in [0.1, 0.15) is 51.9 Å². The van der Waals surface area contributed by atoms with Gasteiger partial charge in [0.05, 0.1) is 0 Å². The quantitative estimate of drug-likeness (QED) is 0.504. The van der Waals surface area contributed by atoms with E-state index < -0.39 is 0 Å². The summed E-state index contributed by atoms with van der Waals surface area (Å²) in [5, 5.41) is 0. The minimum atomic E-state index is -0.276. The molecule has 3 aromatic rings. The summed E-state index contributed by atoms with van der Waals surface area (Å²) in [6.45, 7) is 4.14. The number of fused-ring (bicyclic) bond motifs is 3. The molecule has 0 radical (unpaired) electrons. The maximum atomic E-state index is 13.2. The van der Waals surface area contributed by atoms with E-state index in [0.29, 0.717) is 24.3 Å². The van der Waals surface area contributed by atoms with Gasteiger partial charge in [0.1, 0.15) is 0 Å². The molecule has 30 heavy (non-hydrogen) atoms. The maximum Gasteiger partial charge on any atom is 0.332 e. The second kappa shape index (κ2) is 8.90. The van der Waals surface area contributed by atoms with Crippen molar-refractivity contribution in [3.8, 4) is 0 Å². The lowest BCUT2D eigenvalue weighted by Gasteiger charge is -2.15. The van der Waals surface area contributed by atoms with Gasteiger partial charge in [0, 0.05) is 32.4 Å². The highest BCUT2D eigenvalue weighted by molar-refractivity contribution is 5.77. The van der Waals surface area contributed by atoms with Crippen LogP contribution in [0.5, 0.6) is 0 Å². The molecule has 7 heteroatoms. The van der Waals surface area contributed by atoms with Crippen LogP contribution in [0.25, 0.3) is 11.2 Å². The van der Waals surface area contributed by atoms with Crippen LogP contribution in [-0.2, 0) is 20.1 Å². The molecular formula is C23H31N5O2. The fraction of sp³-hybridized carbons (Fsp3) is 0.522. The predicted molar refractivity (Wildman–Crippen MR) is 121 cm³/mol. The molecule has 0 amide bonds. The summed E-state index contributed by atoms with van der Waals surface area (Å²) in [4.78, 5) is 32.9. The molecule has 0 bridgehead atoms. The second-order valence-corrected chi connectivity index (χ2v) is 8.14. The first-order valence-electron chi connectivity index (χ1n) is 11.2. The minimum Gasteiger partial charge on any atom is -0.310 e. The molecule has 0 aliphatic carbocycles. The summed E-state index contributed by atoms with van der Waals surface area (Å²) in [6.07, 6.45) is 8.07. The molecule has 0 atom stereocenters. The van der Waals surface area contributed by atoms with E-state index in [-0.39, 0.29) is 11.2 Å². The zero-order chi connectivity index (χ0) is 21.1. The highest BCUT2D eigenvalue weighted by Gasteiger charge is 2.28. The van der Waals surface area contributed by atoms with Gasteiger partial charge >= 0.3 is 5.69 Å². The van der Waals surface area contributed by atoms with E-state index in [1.165, 1.54) is 34.8 Å². The summed E-state index contributed by atoms with van der Waals surface area (Å²) in [6, 6.07) is 10.0. The summed E-state index contributed by atoms with van der Waals surface area (Å²) < 4.78 is 4.88. The number of aryl methyl sites for hydroxylation is 1. The van der Waals surface area contributed by atoms with Gasteiger partial charge in [-0.2, -0.15) is 4.98 Å². The number of para-hydroxylation sites is 1. The lowest BCUT2D eigenvalue weighted by Crippen LogP contribution is -2.39. The van der Waals surface area contributed by atoms with Crippen molar-refractivity contribution in [3.63, 3.8) is 0 Å². The third-order valence-corrected chi connectivity index (χ3v) is 6.05. The summed E-state index contributed by atoms with van der Waals surface area (Å²) in [7, 11) is 1.71. The zero-order valence-electron chi connectivity index (χ0n) is 18.0. The number of nitrogens with zero attached hydrogens (tertiary/aromatic N) is 5. The predicted octanol–water partition coefficient (Wildman–Crippen LogP) is 3.80. The molecule has 1 aliphatic rings. The number of hydrogen-bond donors (Lipinski definition) is 0. The SMILES string of the molecule is CCCCCCCCCn1c(=O)c2c(nc3n2CCN3c2ccccc2)n(C)c1=O. The third-order valence-electron chi connectivity index (χ3n) is 6.05. The van der Waals surface area contributed by atoms with E-state index in [4.69, 9.17) is 4.98 Å². The Morgan fingerprint density at radius 2 is 1.63 bits per heavy atom. The van der Waals surface area contributed by atoms with Crippen molar-refractivity contribution < 1.29 is 0 Å². The highest BCUT2D eigenvalue weighted by Crippen LogP contribution is 2.31. The number of anilines is 2. The zero-order valence-corrected chi connectivity index (χ0v) is 18.0. The topological polar surface area (TPSA) is 65.1 Å². The Bertz CT molecular complexity index is 1130. The van der Waals surface area contributed by atoms with Crippen molar-refractivity contribution >= 4 is 22.8 Å². The molecule has 160 valence electrons. The van der Waals surface area contributed by atoms with Crippen LogP contribution >= 0.6 is 0 Å². The van der Waals surface area contributed by atoms with E-state index in [2.05, 4.69) is 11.8 Å². The summed E-state index contributed by atoms with van der Waals surface area (Å²) in [5.74, 6) is 0.733. The normalized spacial score (nSPS) is 13.3. The van der Waals surface area contributed by atoms with E-state index in [9.17, 15) is 9.59 Å². The van der Waals surface area contributed by atoms with Gasteiger partial charge in [0.25, 0.3) is 5.56 Å². The third kappa shape index (κ3) is 3.68. The number of imidazole rings is 1. The van der Waals surface area contributed by atoms with Gasteiger partial charge in [-0.25, -0.2) is 4.79 Å². The van der Waals surface area contributed by atoms with Gasteiger partial charge in [-0.1, -0.05) is 63.6 Å².